The Morgan fingerprint density at radius 2 is 1.94 bits per heavy atom. The lowest BCUT2D eigenvalue weighted by Gasteiger charge is -2.40. The number of hydrogen-bond donors (Lipinski definition) is 3. The molecule has 0 radical (unpaired) electrons. The van der Waals surface area contributed by atoms with Crippen LogP contribution < -0.4 is 10.1 Å². The molecule has 1 aromatic carbocycles. The van der Waals surface area contributed by atoms with Crippen LogP contribution >= 0.6 is 22.6 Å². The summed E-state index contributed by atoms with van der Waals surface area (Å²) in [5.41, 5.74) is 0.456. The smallest absolute Gasteiger partial charge is 0.247 e. The summed E-state index contributed by atoms with van der Waals surface area (Å²) < 4.78 is 7.04. The van der Waals surface area contributed by atoms with Gasteiger partial charge in [0.25, 0.3) is 0 Å². The van der Waals surface area contributed by atoms with Crippen LogP contribution in [0.5, 0.6) is 5.75 Å². The van der Waals surface area contributed by atoms with Crippen molar-refractivity contribution in [3.05, 3.63) is 39.5 Å². The second kappa shape index (κ2) is 14.6. The molecule has 7 nitrogen and oxygen atoms in total. The second-order valence-electron chi connectivity index (χ2n) is 8.34. The summed E-state index contributed by atoms with van der Waals surface area (Å²) in [7, 11) is 0. The van der Waals surface area contributed by atoms with Crippen molar-refractivity contribution in [3.8, 4) is 5.75 Å². The van der Waals surface area contributed by atoms with Gasteiger partial charge in [0.1, 0.15) is 18.0 Å². The van der Waals surface area contributed by atoms with Crippen LogP contribution in [0.1, 0.15) is 58.8 Å². The molecule has 3 N–H and O–H groups in total. The van der Waals surface area contributed by atoms with E-state index < -0.39 is 18.2 Å². The lowest BCUT2D eigenvalue weighted by atomic mass is 9.87. The molecule has 184 valence electrons. The molecule has 33 heavy (non-hydrogen) atoms. The molecule has 0 aliphatic heterocycles. The Morgan fingerprint density at radius 1 is 1.18 bits per heavy atom. The van der Waals surface area contributed by atoms with Gasteiger partial charge >= 0.3 is 0 Å². The van der Waals surface area contributed by atoms with E-state index in [0.29, 0.717) is 24.3 Å². The minimum absolute atomic E-state index is 0.0110. The molecule has 0 saturated heterocycles. The SMILES string of the molecule is CCCCCCN(C(=O)CCC)[C@@H]1CC(C(=O)NCCO)=C[C@H](Oc2ccccc2I)[C@H]1O. The number of halogens is 1. The van der Waals surface area contributed by atoms with E-state index in [1.54, 1.807) is 11.0 Å². The van der Waals surface area contributed by atoms with Gasteiger partial charge in [-0.15, -0.1) is 0 Å². The van der Waals surface area contributed by atoms with Gasteiger partial charge in [0.05, 0.1) is 16.2 Å². The Morgan fingerprint density at radius 3 is 2.61 bits per heavy atom. The van der Waals surface area contributed by atoms with Gasteiger partial charge in [-0.2, -0.15) is 0 Å². The van der Waals surface area contributed by atoms with Crippen LogP contribution in [0.15, 0.2) is 35.9 Å². The third-order valence-electron chi connectivity index (χ3n) is 5.75. The highest BCUT2D eigenvalue weighted by Crippen LogP contribution is 2.30. The summed E-state index contributed by atoms with van der Waals surface area (Å²) in [6.45, 7) is 4.62. The van der Waals surface area contributed by atoms with Gasteiger partial charge in [0.2, 0.25) is 11.8 Å². The fourth-order valence-electron chi connectivity index (χ4n) is 4.01. The molecule has 2 rings (SSSR count). The molecular formula is C25H37IN2O5. The van der Waals surface area contributed by atoms with E-state index in [1.807, 2.05) is 31.2 Å². The first kappa shape index (κ1) is 27.6. The highest BCUT2D eigenvalue weighted by molar-refractivity contribution is 14.1. The zero-order valence-electron chi connectivity index (χ0n) is 19.6. The zero-order chi connectivity index (χ0) is 24.2. The summed E-state index contributed by atoms with van der Waals surface area (Å²) in [6, 6.07) is 6.93. The minimum Gasteiger partial charge on any atom is -0.482 e. The van der Waals surface area contributed by atoms with Gasteiger partial charge in [0, 0.05) is 31.5 Å². The average Bonchev–Trinajstić information content (AvgIpc) is 2.80. The van der Waals surface area contributed by atoms with Crippen molar-refractivity contribution in [2.24, 2.45) is 0 Å². The molecule has 0 fully saturated rings. The Hall–Kier alpha value is -1.65. The van der Waals surface area contributed by atoms with Crippen molar-refractivity contribution in [1.82, 2.24) is 10.2 Å². The van der Waals surface area contributed by atoms with E-state index in [1.165, 1.54) is 0 Å². The summed E-state index contributed by atoms with van der Waals surface area (Å²) in [6.07, 6.45) is 5.31. The molecule has 2 amide bonds. The summed E-state index contributed by atoms with van der Waals surface area (Å²) in [4.78, 5) is 27.6. The summed E-state index contributed by atoms with van der Waals surface area (Å²) >= 11 is 2.17. The Labute approximate surface area is 210 Å². The first-order valence-corrected chi connectivity index (χ1v) is 13.0. The predicted molar refractivity (Wildman–Crippen MR) is 137 cm³/mol. The van der Waals surface area contributed by atoms with Crippen molar-refractivity contribution in [2.75, 3.05) is 19.7 Å². The highest BCUT2D eigenvalue weighted by Gasteiger charge is 2.40. The maximum absolute atomic E-state index is 13.0. The molecule has 0 unspecified atom stereocenters. The number of aliphatic hydroxyl groups excluding tert-OH is 2. The number of aliphatic hydroxyl groups is 2. The quantitative estimate of drug-likeness (QED) is 0.249. The molecule has 1 aliphatic carbocycles. The van der Waals surface area contributed by atoms with E-state index in [9.17, 15) is 14.7 Å². The third-order valence-corrected chi connectivity index (χ3v) is 6.64. The van der Waals surface area contributed by atoms with Crippen LogP contribution in [0, 0.1) is 3.57 Å². The number of nitrogens with zero attached hydrogens (tertiary/aromatic N) is 1. The number of para-hydroxylation sites is 1. The van der Waals surface area contributed by atoms with Crippen LogP contribution in [0.25, 0.3) is 0 Å². The van der Waals surface area contributed by atoms with Crippen LogP contribution in [-0.2, 0) is 9.59 Å². The number of benzene rings is 1. The maximum atomic E-state index is 13.0. The van der Waals surface area contributed by atoms with Gasteiger partial charge in [-0.3, -0.25) is 9.59 Å². The van der Waals surface area contributed by atoms with Crippen molar-refractivity contribution < 1.29 is 24.5 Å². The molecule has 0 aromatic heterocycles. The first-order chi connectivity index (χ1) is 15.9. The first-order valence-electron chi connectivity index (χ1n) is 11.9. The van der Waals surface area contributed by atoms with Gasteiger partial charge in [-0.25, -0.2) is 0 Å². The monoisotopic (exact) mass is 572 g/mol. The highest BCUT2D eigenvalue weighted by atomic mass is 127. The number of hydrogen-bond acceptors (Lipinski definition) is 5. The molecule has 0 spiro atoms. The van der Waals surface area contributed by atoms with Crippen LogP contribution in [0.2, 0.25) is 0 Å². The van der Waals surface area contributed by atoms with Crippen LogP contribution in [-0.4, -0.2) is 64.9 Å². The number of ether oxygens (including phenoxy) is 1. The van der Waals surface area contributed by atoms with Crippen molar-refractivity contribution in [2.45, 2.75) is 77.0 Å². The molecule has 0 heterocycles. The zero-order valence-corrected chi connectivity index (χ0v) is 21.8. The Balaban J connectivity index is 2.33. The predicted octanol–water partition coefficient (Wildman–Crippen LogP) is 3.42. The Kier molecular flexibility index (Phi) is 12.2. The van der Waals surface area contributed by atoms with Gasteiger partial charge in [-0.05, 0) is 53.6 Å². The number of carbonyl (C=O) groups excluding carboxylic acids is 2. The largest absolute Gasteiger partial charge is 0.482 e. The molecule has 3 atom stereocenters. The van der Waals surface area contributed by atoms with E-state index in [0.717, 1.165) is 35.7 Å². The lowest BCUT2D eigenvalue weighted by Crippen LogP contribution is -2.55. The number of rotatable bonds is 13. The van der Waals surface area contributed by atoms with E-state index in [-0.39, 0.29) is 31.4 Å². The molecule has 8 heteroatoms. The van der Waals surface area contributed by atoms with E-state index in [4.69, 9.17) is 9.84 Å². The van der Waals surface area contributed by atoms with Crippen molar-refractivity contribution in [3.63, 3.8) is 0 Å². The minimum atomic E-state index is -0.970. The second-order valence-corrected chi connectivity index (χ2v) is 9.51. The van der Waals surface area contributed by atoms with Crippen molar-refractivity contribution >= 4 is 34.4 Å². The number of carbonyl (C=O) groups is 2. The topological polar surface area (TPSA) is 99.1 Å². The molecular weight excluding hydrogens is 535 g/mol. The fourth-order valence-corrected chi connectivity index (χ4v) is 4.52. The molecule has 1 aromatic rings. The van der Waals surface area contributed by atoms with Crippen molar-refractivity contribution in [1.29, 1.82) is 0 Å². The number of nitrogens with one attached hydrogen (secondary N) is 1. The van der Waals surface area contributed by atoms with Gasteiger partial charge < -0.3 is 25.2 Å². The number of unbranched alkanes of at least 4 members (excludes halogenated alkanes) is 3. The summed E-state index contributed by atoms with van der Waals surface area (Å²) in [5.74, 6) is 0.290. The lowest BCUT2D eigenvalue weighted by molar-refractivity contribution is -0.138. The normalized spacial score (nSPS) is 20.2. The maximum Gasteiger partial charge on any atom is 0.247 e. The van der Waals surface area contributed by atoms with Gasteiger partial charge in [0.15, 0.2) is 0 Å². The molecule has 0 saturated carbocycles. The standard InChI is InChI=1S/C25H37IN2O5/c1-3-5-6-9-14-28(23(30)10-4-2)20-16-18(25(32)27-13-15-29)17-22(24(20)31)33-21-12-8-7-11-19(21)26/h7-8,11-12,17,20,22,24,29,31H,3-6,9-10,13-16H2,1-2H3,(H,27,32)/t20-,22+,24+/m1/s1. The molecule has 1 aliphatic rings. The van der Waals surface area contributed by atoms with Gasteiger partial charge in [-0.1, -0.05) is 45.2 Å². The Bertz CT molecular complexity index is 801. The fraction of sp³-hybridized carbons (Fsp3) is 0.600. The summed E-state index contributed by atoms with van der Waals surface area (Å²) in [5, 5.41) is 23.1. The average molecular weight is 572 g/mol. The van der Waals surface area contributed by atoms with Crippen LogP contribution in [0.3, 0.4) is 0 Å². The van der Waals surface area contributed by atoms with E-state index in [2.05, 4.69) is 34.8 Å². The third kappa shape index (κ3) is 8.26. The number of amides is 2. The molecule has 0 bridgehead atoms. The van der Waals surface area contributed by atoms with Crippen LogP contribution in [0.4, 0.5) is 0 Å². The van der Waals surface area contributed by atoms with E-state index >= 15 is 0 Å².